The highest BCUT2D eigenvalue weighted by molar-refractivity contribution is 8.00. The van der Waals surface area contributed by atoms with Crippen LogP contribution in [0.15, 0.2) is 23.1 Å². The number of hydrogen-bond donors (Lipinski definition) is 1. The third-order valence-electron chi connectivity index (χ3n) is 2.17. The smallest absolute Gasteiger partial charge is 0.342 e. The van der Waals surface area contributed by atoms with Gasteiger partial charge in [0, 0.05) is 11.0 Å². The summed E-state index contributed by atoms with van der Waals surface area (Å²) in [6.07, 6.45) is 0. The average Bonchev–Trinajstić information content (AvgIpc) is 2.33. The molecule has 1 aromatic carbocycles. The maximum Gasteiger partial charge on any atom is 0.342 e. The monoisotopic (exact) mass is 313 g/mol. The topological polar surface area (TPSA) is 107 Å². The van der Waals surface area contributed by atoms with Gasteiger partial charge < -0.3 is 9.84 Å². The molecule has 1 N–H and O–H groups in total. The Hall–Kier alpha value is -2.09. The van der Waals surface area contributed by atoms with Crippen molar-refractivity contribution < 1.29 is 24.4 Å². The Labute approximate surface area is 125 Å². The molecule has 0 atom stereocenters. The molecule has 0 aliphatic rings. The number of aromatic carboxylic acids is 1. The molecular formula is C13H15NO6S. The molecule has 0 spiro atoms. The minimum atomic E-state index is -1.39. The fraction of sp³-hybridized carbons (Fsp3) is 0.385. The molecule has 0 bridgehead atoms. The van der Waals surface area contributed by atoms with E-state index in [1.165, 1.54) is 12.1 Å². The molecule has 8 heteroatoms. The number of rotatable bonds is 5. The van der Waals surface area contributed by atoms with Gasteiger partial charge in [-0.05, 0) is 32.9 Å². The van der Waals surface area contributed by atoms with E-state index in [9.17, 15) is 19.7 Å². The van der Waals surface area contributed by atoms with Crippen LogP contribution in [-0.2, 0) is 9.53 Å². The van der Waals surface area contributed by atoms with Crippen molar-refractivity contribution in [1.82, 2.24) is 0 Å². The van der Waals surface area contributed by atoms with Crippen LogP contribution in [0.4, 0.5) is 5.69 Å². The molecule has 21 heavy (non-hydrogen) atoms. The summed E-state index contributed by atoms with van der Waals surface area (Å²) in [6, 6.07) is 3.69. The molecular weight excluding hydrogens is 298 g/mol. The average molecular weight is 313 g/mol. The maximum atomic E-state index is 11.6. The van der Waals surface area contributed by atoms with Crippen molar-refractivity contribution in [3.63, 3.8) is 0 Å². The minimum absolute atomic E-state index is 0.00581. The first kappa shape index (κ1) is 17.0. The maximum absolute atomic E-state index is 11.6. The van der Waals surface area contributed by atoms with Crippen molar-refractivity contribution in [2.24, 2.45) is 0 Å². The largest absolute Gasteiger partial charge is 0.477 e. The predicted octanol–water partition coefficient (Wildman–Crippen LogP) is 2.73. The second-order valence-electron chi connectivity index (χ2n) is 5.12. The fourth-order valence-electron chi connectivity index (χ4n) is 1.45. The molecule has 0 aromatic heterocycles. The third kappa shape index (κ3) is 5.42. The SMILES string of the molecule is CC(C)(C)OC(=O)CSc1ccc([N+](=O)[O-])c(C(=O)O)c1. The van der Waals surface area contributed by atoms with E-state index in [1.807, 2.05) is 0 Å². The predicted molar refractivity (Wildman–Crippen MR) is 76.6 cm³/mol. The van der Waals surface area contributed by atoms with Gasteiger partial charge in [0.15, 0.2) is 0 Å². The number of carbonyl (C=O) groups is 2. The number of hydrogen-bond acceptors (Lipinski definition) is 6. The lowest BCUT2D eigenvalue weighted by Crippen LogP contribution is -2.24. The van der Waals surface area contributed by atoms with E-state index in [0.717, 1.165) is 17.8 Å². The molecule has 7 nitrogen and oxygen atoms in total. The molecule has 0 heterocycles. The van der Waals surface area contributed by atoms with Gasteiger partial charge in [0.05, 0.1) is 10.7 Å². The number of carboxylic acid groups (broad SMARTS) is 1. The highest BCUT2D eigenvalue weighted by Gasteiger charge is 2.21. The summed E-state index contributed by atoms with van der Waals surface area (Å²) >= 11 is 1.06. The van der Waals surface area contributed by atoms with Crippen LogP contribution in [0.1, 0.15) is 31.1 Å². The van der Waals surface area contributed by atoms with E-state index in [-0.39, 0.29) is 5.75 Å². The summed E-state index contributed by atoms with van der Waals surface area (Å²) in [5.41, 5.74) is -1.49. The van der Waals surface area contributed by atoms with Crippen LogP contribution in [0.2, 0.25) is 0 Å². The summed E-state index contributed by atoms with van der Waals surface area (Å²) in [6.45, 7) is 5.22. The lowest BCUT2D eigenvalue weighted by Gasteiger charge is -2.19. The molecule has 0 amide bonds. The molecule has 0 aliphatic carbocycles. The van der Waals surface area contributed by atoms with E-state index in [2.05, 4.69) is 0 Å². The van der Waals surface area contributed by atoms with Gasteiger partial charge in [-0.1, -0.05) is 0 Å². The summed E-state index contributed by atoms with van der Waals surface area (Å²) in [5, 5.41) is 19.7. The zero-order chi connectivity index (χ0) is 16.2. The van der Waals surface area contributed by atoms with Gasteiger partial charge in [0.25, 0.3) is 5.69 Å². The van der Waals surface area contributed by atoms with E-state index in [4.69, 9.17) is 9.84 Å². The lowest BCUT2D eigenvalue weighted by molar-refractivity contribution is -0.385. The van der Waals surface area contributed by atoms with Gasteiger partial charge in [-0.15, -0.1) is 11.8 Å². The van der Waals surface area contributed by atoms with Gasteiger partial charge in [0.2, 0.25) is 0 Å². The Morgan fingerprint density at radius 1 is 1.38 bits per heavy atom. The normalized spacial score (nSPS) is 11.0. The van der Waals surface area contributed by atoms with Crippen molar-refractivity contribution in [1.29, 1.82) is 0 Å². The van der Waals surface area contributed by atoms with Crippen LogP contribution in [-0.4, -0.2) is 33.3 Å². The first-order chi connectivity index (χ1) is 9.60. The van der Waals surface area contributed by atoms with Gasteiger partial charge in [0.1, 0.15) is 11.2 Å². The number of carboxylic acids is 1. The van der Waals surface area contributed by atoms with Crippen LogP contribution in [0.25, 0.3) is 0 Å². The Morgan fingerprint density at radius 3 is 2.48 bits per heavy atom. The second-order valence-corrected chi connectivity index (χ2v) is 6.17. The van der Waals surface area contributed by atoms with E-state index in [1.54, 1.807) is 20.8 Å². The number of nitrogens with zero attached hydrogens (tertiary/aromatic N) is 1. The number of thioether (sulfide) groups is 1. The van der Waals surface area contributed by atoms with Crippen molar-refractivity contribution in [2.45, 2.75) is 31.3 Å². The van der Waals surface area contributed by atoms with Crippen LogP contribution in [0.3, 0.4) is 0 Å². The fourth-order valence-corrected chi connectivity index (χ4v) is 2.16. The summed E-state index contributed by atoms with van der Waals surface area (Å²) in [5.74, 6) is -1.84. The van der Waals surface area contributed by atoms with Crippen LogP contribution >= 0.6 is 11.8 Å². The Balaban J connectivity index is 2.82. The molecule has 0 fully saturated rings. The van der Waals surface area contributed by atoms with Crippen molar-refractivity contribution in [3.05, 3.63) is 33.9 Å². The van der Waals surface area contributed by atoms with Gasteiger partial charge in [-0.3, -0.25) is 14.9 Å². The zero-order valence-corrected chi connectivity index (χ0v) is 12.6. The second kappa shape index (κ2) is 6.57. The molecule has 1 aromatic rings. The van der Waals surface area contributed by atoms with Crippen LogP contribution < -0.4 is 0 Å². The third-order valence-corrected chi connectivity index (χ3v) is 3.14. The Bertz CT molecular complexity index is 579. The van der Waals surface area contributed by atoms with Gasteiger partial charge in [-0.25, -0.2) is 4.79 Å². The molecule has 0 radical (unpaired) electrons. The summed E-state index contributed by atoms with van der Waals surface area (Å²) in [7, 11) is 0. The van der Waals surface area contributed by atoms with Crippen molar-refractivity contribution in [3.8, 4) is 0 Å². The number of ether oxygens (including phenoxy) is 1. The quantitative estimate of drug-likeness (QED) is 0.385. The van der Waals surface area contributed by atoms with Crippen molar-refractivity contribution >= 4 is 29.4 Å². The lowest BCUT2D eigenvalue weighted by atomic mass is 10.2. The van der Waals surface area contributed by atoms with E-state index in [0.29, 0.717) is 4.90 Å². The Kier molecular flexibility index (Phi) is 5.31. The minimum Gasteiger partial charge on any atom is -0.477 e. The molecule has 0 saturated heterocycles. The van der Waals surface area contributed by atoms with Crippen LogP contribution in [0, 0.1) is 10.1 Å². The van der Waals surface area contributed by atoms with Crippen LogP contribution in [0.5, 0.6) is 0 Å². The summed E-state index contributed by atoms with van der Waals surface area (Å²) < 4.78 is 5.11. The first-order valence-electron chi connectivity index (χ1n) is 5.96. The number of carbonyl (C=O) groups excluding carboxylic acids is 1. The first-order valence-corrected chi connectivity index (χ1v) is 6.95. The highest BCUT2D eigenvalue weighted by atomic mass is 32.2. The highest BCUT2D eigenvalue weighted by Crippen LogP contribution is 2.26. The van der Waals surface area contributed by atoms with Gasteiger partial charge in [-0.2, -0.15) is 0 Å². The zero-order valence-electron chi connectivity index (χ0n) is 11.8. The standard InChI is InChI=1S/C13H15NO6S/c1-13(2,3)20-11(15)7-21-8-4-5-10(14(18)19)9(6-8)12(16)17/h4-6H,7H2,1-3H3,(H,16,17). The van der Waals surface area contributed by atoms with Crippen molar-refractivity contribution in [2.75, 3.05) is 5.75 Å². The number of esters is 1. The molecule has 0 aliphatic heterocycles. The molecule has 0 saturated carbocycles. The summed E-state index contributed by atoms with van der Waals surface area (Å²) in [4.78, 5) is 33.0. The number of benzene rings is 1. The number of nitro benzene ring substituents is 1. The van der Waals surface area contributed by atoms with E-state index < -0.39 is 33.7 Å². The Morgan fingerprint density at radius 2 is 2.00 bits per heavy atom. The molecule has 114 valence electrons. The number of nitro groups is 1. The van der Waals surface area contributed by atoms with Gasteiger partial charge >= 0.3 is 11.9 Å². The van der Waals surface area contributed by atoms with E-state index >= 15 is 0 Å². The molecule has 1 rings (SSSR count). The molecule has 0 unspecified atom stereocenters.